The summed E-state index contributed by atoms with van der Waals surface area (Å²) < 4.78 is 14.1. The zero-order chi connectivity index (χ0) is 20.0. The maximum absolute atomic E-state index is 7.33. The van der Waals surface area contributed by atoms with Crippen LogP contribution in [0.1, 0.15) is 53.4 Å². The van der Waals surface area contributed by atoms with Crippen molar-refractivity contribution in [1.29, 1.82) is 0 Å². The first-order valence-electron chi connectivity index (χ1n) is 10.5. The molecule has 3 unspecified atom stereocenters. The van der Waals surface area contributed by atoms with Gasteiger partial charge in [0.25, 0.3) is 8.32 Å². The molecule has 0 aliphatic carbocycles. The third-order valence-corrected chi connectivity index (χ3v) is 15.0. The van der Waals surface area contributed by atoms with Crippen molar-refractivity contribution < 1.29 is 8.85 Å². The van der Waals surface area contributed by atoms with E-state index in [-0.39, 0.29) is 10.4 Å². The van der Waals surface area contributed by atoms with Gasteiger partial charge in [-0.2, -0.15) is 0 Å². The first kappa shape index (κ1) is 23.8. The normalized spacial score (nSPS) is 19.2. The summed E-state index contributed by atoms with van der Waals surface area (Å²) in [5.74, 6) is 0. The number of benzene rings is 1. The maximum Gasteiger partial charge on any atom is 0.251 e. The molecule has 1 aromatic rings. The van der Waals surface area contributed by atoms with Gasteiger partial charge in [0.2, 0.25) is 0 Å². The molecule has 0 saturated carbocycles. The van der Waals surface area contributed by atoms with Gasteiger partial charge >= 0.3 is 0 Å². The van der Waals surface area contributed by atoms with E-state index >= 15 is 0 Å². The molecule has 5 heteroatoms. The van der Waals surface area contributed by atoms with Gasteiger partial charge in [-0.25, -0.2) is 0 Å². The van der Waals surface area contributed by atoms with E-state index in [0.29, 0.717) is 0 Å². The molecule has 1 aromatic carbocycles. The second kappa shape index (κ2) is 9.82. The Morgan fingerprint density at radius 3 is 1.88 bits per heavy atom. The highest BCUT2D eigenvalue weighted by atomic mass is 28.4. The van der Waals surface area contributed by atoms with Crippen molar-refractivity contribution in [2.45, 2.75) is 96.6 Å². The zero-order valence-corrected chi connectivity index (χ0v) is 22.0. The van der Waals surface area contributed by atoms with E-state index in [1.807, 2.05) is 0 Å². The van der Waals surface area contributed by atoms with Gasteiger partial charge in [-0.15, -0.1) is 0 Å². The molecule has 0 amide bonds. The fraction of sp³-hybridized carbons (Fsp3) is 0.714. The number of hydrogen-bond donors (Lipinski definition) is 0. The minimum Gasteiger partial charge on any atom is -0.415 e. The van der Waals surface area contributed by atoms with Crippen molar-refractivity contribution in [3.8, 4) is 0 Å². The monoisotopic (exact) mass is 410 g/mol. The molecule has 0 aromatic heterocycles. The number of rotatable bonds is 11. The lowest BCUT2D eigenvalue weighted by molar-refractivity contribution is 0.0804. The molecule has 2 nitrogen and oxygen atoms in total. The predicted octanol–water partition coefficient (Wildman–Crippen LogP) is 5.17. The topological polar surface area (TPSA) is 18.5 Å². The van der Waals surface area contributed by atoms with Gasteiger partial charge in [-0.05, 0) is 51.5 Å². The Kier molecular flexibility index (Phi) is 9.00. The SMILES string of the molecule is CCCC(C)(O[Si](C)(c1ccccc1)C(C)(CCC)O[SiH](C)C)[SiH](C)C. The van der Waals surface area contributed by atoms with Crippen LogP contribution < -0.4 is 5.19 Å². The lowest BCUT2D eigenvalue weighted by Gasteiger charge is -2.51. The van der Waals surface area contributed by atoms with Crippen LogP contribution in [-0.2, 0) is 8.85 Å². The van der Waals surface area contributed by atoms with E-state index < -0.39 is 26.2 Å². The van der Waals surface area contributed by atoms with E-state index in [9.17, 15) is 0 Å². The highest BCUT2D eigenvalue weighted by molar-refractivity contribution is 6.88. The summed E-state index contributed by atoms with van der Waals surface area (Å²) in [6, 6.07) is 11.0. The van der Waals surface area contributed by atoms with Crippen LogP contribution in [0.3, 0.4) is 0 Å². The molecule has 150 valence electrons. The maximum atomic E-state index is 7.33. The molecule has 0 spiro atoms. The van der Waals surface area contributed by atoms with E-state index in [4.69, 9.17) is 8.85 Å². The van der Waals surface area contributed by atoms with Crippen LogP contribution >= 0.6 is 0 Å². The fourth-order valence-electron chi connectivity index (χ4n) is 4.06. The average Bonchev–Trinajstić information content (AvgIpc) is 2.55. The molecule has 0 aliphatic rings. The highest BCUT2D eigenvalue weighted by Gasteiger charge is 2.54. The summed E-state index contributed by atoms with van der Waals surface area (Å²) in [6.07, 6.45) is 4.51. The smallest absolute Gasteiger partial charge is 0.251 e. The molecule has 0 aliphatic heterocycles. The minimum absolute atomic E-state index is 0.0163. The van der Waals surface area contributed by atoms with E-state index in [1.54, 1.807) is 0 Å². The minimum atomic E-state index is -2.35. The molecule has 0 saturated heterocycles. The van der Waals surface area contributed by atoms with Crippen LogP contribution in [-0.4, -0.2) is 36.6 Å². The standard InChI is InChI=1S/C21H42O2Si3/c1-10-17-20(3,24(5)6)23-26(9,19-15-13-12-14-16-19)21(4,18-11-2)22-25(7)8/h12-16,24-25H,10-11,17-18H2,1-9H3. The molecule has 0 heterocycles. The van der Waals surface area contributed by atoms with Crippen molar-refractivity contribution in [3.63, 3.8) is 0 Å². The molecule has 0 fully saturated rings. The molecule has 1 rings (SSSR count). The Labute approximate surface area is 167 Å². The van der Waals surface area contributed by atoms with Gasteiger partial charge in [-0.1, -0.05) is 70.1 Å². The Bertz CT molecular complexity index is 537. The lowest BCUT2D eigenvalue weighted by atomic mass is 10.2. The summed E-state index contributed by atoms with van der Waals surface area (Å²) in [4.78, 5) is 0. The van der Waals surface area contributed by atoms with Crippen molar-refractivity contribution in [3.05, 3.63) is 30.3 Å². The molecule has 0 N–H and O–H groups in total. The molecular weight excluding hydrogens is 368 g/mol. The summed E-state index contributed by atoms with van der Waals surface area (Å²) in [7, 11) is -4.54. The second-order valence-corrected chi connectivity index (χ2v) is 18.6. The molecular formula is C21H42O2Si3. The van der Waals surface area contributed by atoms with Gasteiger partial charge in [0.15, 0.2) is 9.04 Å². The van der Waals surface area contributed by atoms with Crippen molar-refractivity contribution in [2.75, 3.05) is 0 Å². The zero-order valence-electron chi connectivity index (χ0n) is 18.7. The molecule has 3 atom stereocenters. The molecule has 26 heavy (non-hydrogen) atoms. The van der Waals surface area contributed by atoms with Crippen LogP contribution in [0.25, 0.3) is 0 Å². The third kappa shape index (κ3) is 5.41. The van der Waals surface area contributed by atoms with Crippen molar-refractivity contribution in [1.82, 2.24) is 0 Å². The van der Waals surface area contributed by atoms with Crippen molar-refractivity contribution >= 4 is 31.3 Å². The quantitative estimate of drug-likeness (QED) is 0.469. The highest BCUT2D eigenvalue weighted by Crippen LogP contribution is 2.36. The Morgan fingerprint density at radius 2 is 1.46 bits per heavy atom. The first-order valence-corrected chi connectivity index (χ1v) is 18.6. The predicted molar refractivity (Wildman–Crippen MR) is 124 cm³/mol. The van der Waals surface area contributed by atoms with Gasteiger partial charge < -0.3 is 8.85 Å². The van der Waals surface area contributed by atoms with Gasteiger partial charge in [0, 0.05) is 5.22 Å². The first-order chi connectivity index (χ1) is 12.0. The third-order valence-electron chi connectivity index (χ3n) is 5.96. The van der Waals surface area contributed by atoms with E-state index in [0.717, 1.165) is 19.3 Å². The van der Waals surface area contributed by atoms with Crippen LogP contribution in [0.4, 0.5) is 0 Å². The van der Waals surface area contributed by atoms with Crippen LogP contribution in [0, 0.1) is 0 Å². The summed E-state index contributed by atoms with van der Waals surface area (Å²) in [6.45, 7) is 21.1. The average molecular weight is 411 g/mol. The Balaban J connectivity index is 3.52. The van der Waals surface area contributed by atoms with Gasteiger partial charge in [0.1, 0.15) is 0 Å². The van der Waals surface area contributed by atoms with Crippen LogP contribution in [0.2, 0.25) is 32.7 Å². The number of hydrogen-bond acceptors (Lipinski definition) is 2. The van der Waals surface area contributed by atoms with Crippen molar-refractivity contribution in [2.24, 2.45) is 0 Å². The largest absolute Gasteiger partial charge is 0.415 e. The fourth-order valence-corrected chi connectivity index (χ4v) is 12.9. The molecule has 0 bridgehead atoms. The Morgan fingerprint density at radius 1 is 0.923 bits per heavy atom. The van der Waals surface area contributed by atoms with E-state index in [2.05, 4.69) is 90.8 Å². The van der Waals surface area contributed by atoms with Gasteiger partial charge in [0.05, 0.1) is 14.0 Å². The summed E-state index contributed by atoms with van der Waals surface area (Å²) in [5, 5.41) is 1.21. The molecule has 0 radical (unpaired) electrons. The summed E-state index contributed by atoms with van der Waals surface area (Å²) in [5.41, 5.74) is 0. The Hall–Kier alpha value is -0.209. The second-order valence-electron chi connectivity index (χ2n) is 8.87. The van der Waals surface area contributed by atoms with Gasteiger partial charge in [-0.3, -0.25) is 0 Å². The van der Waals surface area contributed by atoms with Crippen LogP contribution in [0.5, 0.6) is 0 Å². The van der Waals surface area contributed by atoms with Crippen LogP contribution in [0.15, 0.2) is 30.3 Å². The summed E-state index contributed by atoms with van der Waals surface area (Å²) >= 11 is 0. The lowest BCUT2D eigenvalue weighted by Crippen LogP contribution is -2.70. The van der Waals surface area contributed by atoms with E-state index in [1.165, 1.54) is 11.6 Å².